The van der Waals surface area contributed by atoms with Gasteiger partial charge in [0.25, 0.3) is 0 Å². The molecule has 0 spiro atoms. The van der Waals surface area contributed by atoms with Crippen LogP contribution in [0.3, 0.4) is 0 Å². The van der Waals surface area contributed by atoms with Crippen molar-refractivity contribution in [3.63, 3.8) is 0 Å². The average molecular weight is 488 g/mol. The van der Waals surface area contributed by atoms with Crippen molar-refractivity contribution in [2.75, 3.05) is 0 Å². The Bertz CT molecular complexity index is 1040. The Morgan fingerprint density at radius 2 is 1.74 bits per heavy atom. The van der Waals surface area contributed by atoms with Crippen LogP contribution in [-0.4, -0.2) is 31.3 Å². The molecule has 4 N–H and O–H groups in total. The summed E-state index contributed by atoms with van der Waals surface area (Å²) >= 11 is 11.9. The molecule has 7 nitrogen and oxygen atoms in total. The molecule has 4 saturated carbocycles. The molecular weight excluding hydrogens is 461 g/mol. The average Bonchev–Trinajstić information content (AvgIpc) is 2.58. The van der Waals surface area contributed by atoms with E-state index in [-0.39, 0.29) is 15.8 Å². The van der Waals surface area contributed by atoms with Crippen molar-refractivity contribution in [3.8, 4) is 0 Å². The fraction of sp³-hybridized carbons (Fsp3) is 0.619. The normalized spacial score (nSPS) is 32.1. The summed E-state index contributed by atoms with van der Waals surface area (Å²) < 4.78 is 28.3. The van der Waals surface area contributed by atoms with Gasteiger partial charge in [-0.25, -0.2) is 8.42 Å². The molecule has 1 aromatic rings. The molecule has 4 fully saturated rings. The molecule has 2 atom stereocenters. The van der Waals surface area contributed by atoms with Crippen LogP contribution < -0.4 is 15.8 Å². The predicted molar refractivity (Wildman–Crippen MR) is 118 cm³/mol. The number of carbonyl (C=O) groups is 2. The molecule has 170 valence electrons. The largest absolute Gasteiger partial charge is 0.369 e. The molecule has 0 heterocycles. The van der Waals surface area contributed by atoms with E-state index in [2.05, 4.69) is 10.0 Å². The maximum Gasteiger partial charge on any atom is 0.243 e. The molecule has 0 aromatic heterocycles. The molecule has 0 aliphatic heterocycles. The standard InChI is InChI=1S/C21H27Cl2N3O4S/c1-19(2,26-31(29,30)16-4-3-14(22)6-15(16)23)18(28)25-21-9-12-5-13(10-21)8-20(7-12,11-21)17(24)27/h3-4,6,12-13,26H,5,7-11H2,1-2H3,(H2,24,27)(H,25,28). The van der Waals surface area contributed by atoms with Crippen molar-refractivity contribution in [3.05, 3.63) is 28.2 Å². The van der Waals surface area contributed by atoms with Crippen LogP contribution in [0.4, 0.5) is 0 Å². The van der Waals surface area contributed by atoms with Gasteiger partial charge in [0, 0.05) is 10.6 Å². The van der Waals surface area contributed by atoms with E-state index in [9.17, 15) is 18.0 Å². The van der Waals surface area contributed by atoms with Gasteiger partial charge in [-0.15, -0.1) is 0 Å². The van der Waals surface area contributed by atoms with Gasteiger partial charge >= 0.3 is 0 Å². The van der Waals surface area contributed by atoms with E-state index in [1.165, 1.54) is 32.0 Å². The summed E-state index contributed by atoms with van der Waals surface area (Å²) in [5.74, 6) is -0.0382. The second kappa shape index (κ2) is 7.33. The quantitative estimate of drug-likeness (QED) is 0.571. The topological polar surface area (TPSA) is 118 Å². The number of nitrogens with one attached hydrogen (secondary N) is 2. The third kappa shape index (κ3) is 4.08. The van der Waals surface area contributed by atoms with Gasteiger partial charge in [0.1, 0.15) is 10.4 Å². The van der Waals surface area contributed by atoms with E-state index in [1.807, 2.05) is 0 Å². The Morgan fingerprint density at radius 1 is 1.13 bits per heavy atom. The fourth-order valence-corrected chi connectivity index (χ4v) is 8.38. The van der Waals surface area contributed by atoms with E-state index in [4.69, 9.17) is 28.9 Å². The minimum Gasteiger partial charge on any atom is -0.369 e. The lowest BCUT2D eigenvalue weighted by Crippen LogP contribution is -2.68. The van der Waals surface area contributed by atoms with Crippen LogP contribution in [0.25, 0.3) is 0 Å². The number of sulfonamides is 1. The van der Waals surface area contributed by atoms with Crippen molar-refractivity contribution < 1.29 is 18.0 Å². The van der Waals surface area contributed by atoms with Gasteiger partial charge in [0.15, 0.2) is 0 Å². The Kier molecular flexibility index (Phi) is 5.40. The molecule has 0 saturated heterocycles. The summed E-state index contributed by atoms with van der Waals surface area (Å²) in [5.41, 5.74) is 3.23. The molecule has 4 bridgehead atoms. The summed E-state index contributed by atoms with van der Waals surface area (Å²) in [6, 6.07) is 4.06. The zero-order valence-corrected chi connectivity index (χ0v) is 19.8. The Balaban J connectivity index is 1.55. The lowest BCUT2D eigenvalue weighted by molar-refractivity contribution is -0.151. The Labute approximate surface area is 192 Å². The van der Waals surface area contributed by atoms with Crippen LogP contribution >= 0.6 is 23.2 Å². The minimum absolute atomic E-state index is 0.0271. The SMILES string of the molecule is CC(C)(NS(=O)(=O)c1ccc(Cl)cc1Cl)C(=O)NC12CC3CC(C1)CC(C(N)=O)(C3)C2. The first-order valence-electron chi connectivity index (χ1n) is 10.4. The number of rotatable bonds is 6. The number of primary amides is 1. The summed E-state index contributed by atoms with van der Waals surface area (Å²) in [4.78, 5) is 25.4. The van der Waals surface area contributed by atoms with Gasteiger partial charge in [-0.1, -0.05) is 23.2 Å². The van der Waals surface area contributed by atoms with E-state index in [0.717, 1.165) is 32.1 Å². The lowest BCUT2D eigenvalue weighted by Gasteiger charge is -2.61. The zero-order valence-electron chi connectivity index (χ0n) is 17.5. The second-order valence-electron chi connectivity index (χ2n) is 10.1. The van der Waals surface area contributed by atoms with Crippen molar-refractivity contribution in [1.82, 2.24) is 10.0 Å². The van der Waals surface area contributed by atoms with Gasteiger partial charge in [0.2, 0.25) is 21.8 Å². The van der Waals surface area contributed by atoms with E-state index < -0.39 is 32.4 Å². The number of hydrogen-bond acceptors (Lipinski definition) is 4. The van der Waals surface area contributed by atoms with Crippen molar-refractivity contribution in [1.29, 1.82) is 0 Å². The summed E-state index contributed by atoms with van der Waals surface area (Å²) in [6.07, 6.45) is 4.70. The number of nitrogens with two attached hydrogens (primary N) is 1. The molecule has 4 aliphatic carbocycles. The molecule has 1 aromatic carbocycles. The minimum atomic E-state index is -4.08. The van der Waals surface area contributed by atoms with Gasteiger partial charge in [0.05, 0.1) is 10.4 Å². The first-order valence-corrected chi connectivity index (χ1v) is 12.6. The van der Waals surface area contributed by atoms with E-state index in [0.29, 0.717) is 23.3 Å². The zero-order chi connectivity index (χ0) is 22.8. The Morgan fingerprint density at radius 3 is 2.29 bits per heavy atom. The number of halogens is 2. The monoisotopic (exact) mass is 487 g/mol. The van der Waals surface area contributed by atoms with Gasteiger partial charge in [-0.05, 0) is 82.4 Å². The summed E-state index contributed by atoms with van der Waals surface area (Å²) in [7, 11) is -4.08. The highest BCUT2D eigenvalue weighted by Crippen LogP contribution is 2.61. The van der Waals surface area contributed by atoms with E-state index >= 15 is 0 Å². The summed E-state index contributed by atoms with van der Waals surface area (Å²) in [5, 5.41) is 3.40. The molecule has 2 unspecified atom stereocenters. The number of carbonyl (C=O) groups excluding carboxylic acids is 2. The molecule has 0 radical (unpaired) electrons. The van der Waals surface area contributed by atoms with Crippen molar-refractivity contribution in [2.24, 2.45) is 23.0 Å². The smallest absolute Gasteiger partial charge is 0.243 e. The van der Waals surface area contributed by atoms with Crippen LogP contribution in [0.5, 0.6) is 0 Å². The number of hydrogen-bond donors (Lipinski definition) is 3. The number of benzene rings is 1. The van der Waals surface area contributed by atoms with E-state index in [1.54, 1.807) is 0 Å². The van der Waals surface area contributed by atoms with Crippen LogP contribution in [0.1, 0.15) is 52.4 Å². The highest BCUT2D eigenvalue weighted by atomic mass is 35.5. The van der Waals surface area contributed by atoms with Gasteiger partial charge in [-0.3, -0.25) is 9.59 Å². The van der Waals surface area contributed by atoms with Crippen molar-refractivity contribution in [2.45, 2.75) is 68.3 Å². The van der Waals surface area contributed by atoms with Gasteiger partial charge in [-0.2, -0.15) is 4.72 Å². The highest BCUT2D eigenvalue weighted by Gasteiger charge is 2.61. The van der Waals surface area contributed by atoms with Crippen LogP contribution in [0, 0.1) is 17.3 Å². The molecule has 4 aliphatic rings. The maximum absolute atomic E-state index is 13.3. The first-order chi connectivity index (χ1) is 14.3. The molecular formula is C21H27Cl2N3O4S. The third-order valence-electron chi connectivity index (χ3n) is 7.10. The molecule has 2 amide bonds. The third-order valence-corrected chi connectivity index (χ3v) is 9.48. The molecule has 10 heteroatoms. The van der Waals surface area contributed by atoms with Crippen molar-refractivity contribution >= 4 is 45.0 Å². The maximum atomic E-state index is 13.3. The van der Waals surface area contributed by atoms with Crippen LogP contribution in [0.15, 0.2) is 23.1 Å². The predicted octanol–water partition coefficient (Wildman–Crippen LogP) is 2.99. The lowest BCUT2D eigenvalue weighted by atomic mass is 9.46. The Hall–Kier alpha value is -1.35. The fourth-order valence-electron chi connectivity index (χ4n) is 6.22. The first kappa shape index (κ1) is 22.8. The van der Waals surface area contributed by atoms with Gasteiger partial charge < -0.3 is 11.1 Å². The van der Waals surface area contributed by atoms with Crippen LogP contribution in [0.2, 0.25) is 10.0 Å². The highest BCUT2D eigenvalue weighted by molar-refractivity contribution is 7.89. The number of amides is 2. The second-order valence-corrected chi connectivity index (χ2v) is 12.6. The summed E-state index contributed by atoms with van der Waals surface area (Å²) in [6.45, 7) is 3.02. The molecule has 31 heavy (non-hydrogen) atoms. The van der Waals surface area contributed by atoms with Crippen LogP contribution in [-0.2, 0) is 19.6 Å². The molecule has 5 rings (SSSR count).